The van der Waals surface area contributed by atoms with E-state index in [1.807, 2.05) is 39.8 Å². The van der Waals surface area contributed by atoms with E-state index in [-0.39, 0.29) is 23.0 Å². The molecule has 0 radical (unpaired) electrons. The van der Waals surface area contributed by atoms with Gasteiger partial charge in [0.1, 0.15) is 23.0 Å². The van der Waals surface area contributed by atoms with Crippen LogP contribution in [0.1, 0.15) is 49.9 Å². The molecule has 0 fully saturated rings. The predicted octanol–water partition coefficient (Wildman–Crippen LogP) is 5.70. The van der Waals surface area contributed by atoms with Crippen LogP contribution >= 0.6 is 0 Å². The molecule has 0 aliphatic heterocycles. The first-order valence-corrected chi connectivity index (χ1v) is 9.22. The van der Waals surface area contributed by atoms with Gasteiger partial charge in [0.15, 0.2) is 0 Å². The van der Waals surface area contributed by atoms with E-state index in [1.54, 1.807) is 12.2 Å². The van der Waals surface area contributed by atoms with E-state index >= 15 is 0 Å². The van der Waals surface area contributed by atoms with E-state index < -0.39 is 0 Å². The molecule has 0 bridgehead atoms. The number of allylic oxidation sites excluding steroid dienone is 4. The van der Waals surface area contributed by atoms with Gasteiger partial charge < -0.3 is 20.4 Å². The molecule has 0 saturated carbocycles. The Morgan fingerprint density at radius 3 is 1.57 bits per heavy atom. The smallest absolute Gasteiger partial charge is 0.123 e. The first kappa shape index (κ1) is 21.2. The van der Waals surface area contributed by atoms with Crippen LogP contribution in [0.15, 0.2) is 47.6 Å². The van der Waals surface area contributed by atoms with Crippen molar-refractivity contribution < 1.29 is 20.4 Å². The average Bonchev–Trinajstić information content (AvgIpc) is 2.57. The standard InChI is InChI=1S/C24H28O4/c1-15(2)5-8-21-20(10-7-17-11-18(25)13-19(26)12-17)22(9-6-16(3)4)24(28)14-23(21)27/h5-7,10-14,25-28H,8-9H2,1-4H3/b10-7+. The second-order valence-electron chi connectivity index (χ2n) is 7.37. The first-order valence-electron chi connectivity index (χ1n) is 9.22. The van der Waals surface area contributed by atoms with Crippen LogP contribution in [0, 0.1) is 0 Å². The lowest BCUT2D eigenvalue weighted by molar-refractivity contribution is 0.443. The molecule has 0 aliphatic rings. The van der Waals surface area contributed by atoms with Gasteiger partial charge in [0, 0.05) is 23.3 Å². The number of phenols is 4. The molecular formula is C24H28O4. The van der Waals surface area contributed by atoms with Crippen LogP contribution in [0.4, 0.5) is 0 Å². The molecular weight excluding hydrogens is 352 g/mol. The van der Waals surface area contributed by atoms with Crippen LogP contribution in [0.25, 0.3) is 12.2 Å². The van der Waals surface area contributed by atoms with Crippen molar-refractivity contribution in [3.8, 4) is 23.0 Å². The van der Waals surface area contributed by atoms with Crippen molar-refractivity contribution in [1.29, 1.82) is 0 Å². The van der Waals surface area contributed by atoms with Crippen molar-refractivity contribution in [2.75, 3.05) is 0 Å². The zero-order valence-corrected chi connectivity index (χ0v) is 16.8. The van der Waals surface area contributed by atoms with Gasteiger partial charge in [-0.2, -0.15) is 0 Å². The molecule has 2 aromatic carbocycles. The summed E-state index contributed by atoms with van der Waals surface area (Å²) >= 11 is 0. The summed E-state index contributed by atoms with van der Waals surface area (Å²) in [4.78, 5) is 0. The molecule has 0 spiro atoms. The Morgan fingerprint density at radius 1 is 0.679 bits per heavy atom. The lowest BCUT2D eigenvalue weighted by Gasteiger charge is -2.15. The number of hydrogen-bond acceptors (Lipinski definition) is 4. The molecule has 2 aromatic rings. The highest BCUT2D eigenvalue weighted by Crippen LogP contribution is 2.35. The second kappa shape index (κ2) is 9.18. The highest BCUT2D eigenvalue weighted by atomic mass is 16.3. The zero-order valence-electron chi connectivity index (χ0n) is 16.8. The maximum absolute atomic E-state index is 10.5. The lowest BCUT2D eigenvalue weighted by atomic mass is 9.93. The van der Waals surface area contributed by atoms with Gasteiger partial charge in [0.2, 0.25) is 0 Å². The maximum Gasteiger partial charge on any atom is 0.123 e. The Balaban J connectivity index is 2.62. The van der Waals surface area contributed by atoms with Crippen LogP contribution < -0.4 is 0 Å². The molecule has 4 nitrogen and oxygen atoms in total. The van der Waals surface area contributed by atoms with Crippen LogP contribution in [-0.4, -0.2) is 20.4 Å². The summed E-state index contributed by atoms with van der Waals surface area (Å²) in [5, 5.41) is 40.3. The van der Waals surface area contributed by atoms with Gasteiger partial charge in [0.05, 0.1) is 0 Å². The highest BCUT2D eigenvalue weighted by Gasteiger charge is 2.15. The van der Waals surface area contributed by atoms with Crippen molar-refractivity contribution in [1.82, 2.24) is 0 Å². The van der Waals surface area contributed by atoms with E-state index in [0.717, 1.165) is 27.8 Å². The summed E-state index contributed by atoms with van der Waals surface area (Å²) in [5.74, 6) is 0.00424. The maximum atomic E-state index is 10.5. The molecule has 0 aliphatic carbocycles. The average molecular weight is 380 g/mol. The Kier molecular flexibility index (Phi) is 6.94. The molecule has 4 heteroatoms. The van der Waals surface area contributed by atoms with Crippen molar-refractivity contribution in [2.24, 2.45) is 0 Å². The van der Waals surface area contributed by atoms with Gasteiger partial charge in [-0.1, -0.05) is 35.5 Å². The first-order chi connectivity index (χ1) is 13.2. The van der Waals surface area contributed by atoms with Crippen LogP contribution in [0.3, 0.4) is 0 Å². The van der Waals surface area contributed by atoms with Crippen LogP contribution in [0.5, 0.6) is 23.0 Å². The Morgan fingerprint density at radius 2 is 1.14 bits per heavy atom. The summed E-state index contributed by atoms with van der Waals surface area (Å²) < 4.78 is 0. The number of hydrogen-bond donors (Lipinski definition) is 4. The molecule has 0 heterocycles. The van der Waals surface area contributed by atoms with E-state index in [2.05, 4.69) is 0 Å². The number of phenolic OH excluding ortho intramolecular Hbond substituents is 4. The molecule has 0 unspecified atom stereocenters. The van der Waals surface area contributed by atoms with Crippen molar-refractivity contribution in [2.45, 2.75) is 40.5 Å². The van der Waals surface area contributed by atoms with Gasteiger partial charge in [0.25, 0.3) is 0 Å². The summed E-state index contributed by atoms with van der Waals surface area (Å²) in [6, 6.07) is 5.71. The monoisotopic (exact) mass is 380 g/mol. The summed E-state index contributed by atoms with van der Waals surface area (Å²) in [5.41, 5.74) is 5.04. The molecule has 0 atom stereocenters. The number of benzene rings is 2. The molecule has 0 aromatic heterocycles. The Labute approximate surface area is 166 Å². The zero-order chi connectivity index (χ0) is 20.8. The molecule has 28 heavy (non-hydrogen) atoms. The quantitative estimate of drug-likeness (QED) is 0.383. The van der Waals surface area contributed by atoms with Crippen molar-refractivity contribution in [3.05, 3.63) is 69.8 Å². The molecule has 4 N–H and O–H groups in total. The second-order valence-corrected chi connectivity index (χ2v) is 7.37. The largest absolute Gasteiger partial charge is 0.508 e. The van der Waals surface area contributed by atoms with Gasteiger partial charge in [-0.05, 0) is 63.8 Å². The minimum absolute atomic E-state index is 0.0343. The number of rotatable bonds is 6. The summed E-state index contributed by atoms with van der Waals surface area (Å²) in [6.07, 6.45) is 8.65. The third-order valence-corrected chi connectivity index (χ3v) is 4.34. The van der Waals surface area contributed by atoms with Gasteiger partial charge in [-0.25, -0.2) is 0 Å². The van der Waals surface area contributed by atoms with E-state index in [9.17, 15) is 20.4 Å². The van der Waals surface area contributed by atoms with Gasteiger partial charge in [-0.3, -0.25) is 0 Å². The Bertz CT molecular complexity index is 877. The van der Waals surface area contributed by atoms with E-state index in [4.69, 9.17) is 0 Å². The summed E-state index contributed by atoms with van der Waals surface area (Å²) in [6.45, 7) is 7.97. The minimum atomic E-state index is -0.0343. The van der Waals surface area contributed by atoms with Crippen molar-refractivity contribution in [3.63, 3.8) is 0 Å². The fraction of sp³-hybridized carbons (Fsp3) is 0.250. The van der Waals surface area contributed by atoms with Gasteiger partial charge >= 0.3 is 0 Å². The normalized spacial score (nSPS) is 10.9. The molecule has 0 amide bonds. The summed E-state index contributed by atoms with van der Waals surface area (Å²) in [7, 11) is 0. The van der Waals surface area contributed by atoms with E-state index in [1.165, 1.54) is 24.3 Å². The molecule has 0 saturated heterocycles. The third kappa shape index (κ3) is 5.68. The van der Waals surface area contributed by atoms with Gasteiger partial charge in [-0.15, -0.1) is 0 Å². The lowest BCUT2D eigenvalue weighted by Crippen LogP contribution is -1.97. The predicted molar refractivity (Wildman–Crippen MR) is 115 cm³/mol. The molecule has 148 valence electrons. The fourth-order valence-electron chi connectivity index (χ4n) is 2.90. The SMILES string of the molecule is CC(C)=CCc1c(O)cc(O)c(CC=C(C)C)c1/C=C/c1cc(O)cc(O)c1. The number of aromatic hydroxyl groups is 4. The van der Waals surface area contributed by atoms with E-state index in [0.29, 0.717) is 18.4 Å². The van der Waals surface area contributed by atoms with Crippen LogP contribution in [-0.2, 0) is 12.8 Å². The minimum Gasteiger partial charge on any atom is -0.508 e. The topological polar surface area (TPSA) is 80.9 Å². The Hall–Kier alpha value is -3.14. The fourth-order valence-corrected chi connectivity index (χ4v) is 2.90. The van der Waals surface area contributed by atoms with Crippen LogP contribution in [0.2, 0.25) is 0 Å². The molecule has 2 rings (SSSR count). The van der Waals surface area contributed by atoms with Crippen molar-refractivity contribution >= 4 is 12.2 Å². The third-order valence-electron chi connectivity index (χ3n) is 4.34. The highest BCUT2D eigenvalue weighted by molar-refractivity contribution is 5.77.